The summed E-state index contributed by atoms with van der Waals surface area (Å²) in [7, 11) is 0. The number of anilines is 3. The molecule has 4 amide bonds. The zero-order chi connectivity index (χ0) is 53.1. The summed E-state index contributed by atoms with van der Waals surface area (Å²) >= 11 is 7.60. The van der Waals surface area contributed by atoms with Crippen LogP contribution in [0.5, 0.6) is 5.75 Å². The quantitative estimate of drug-likeness (QED) is 0.0321. The maximum absolute atomic E-state index is 14.2. The monoisotopic (exact) mass is 1050 g/mol. The molecule has 74 heavy (non-hydrogen) atoms. The molecule has 4 heterocycles. The topological polar surface area (TPSA) is 222 Å². The SMILES string of the molecule is CCN(CC)C/C=C/C(=O)Nc1cc2c(Nc3ccc(F)c(Cl)c3)ncnc2cc1OCc1cn(CCCCC(=O)N[C@H](C(=O)N2C[C@H](O)C[C@H]2C(=O)N[C@H](C)c2ccc(-c3scnc3C)cc2)C(C)(C)C)nn1. The molecule has 18 nitrogen and oxygen atoms in total. The number of hydrogen-bond donors (Lipinski definition) is 5. The normalized spacial score (nSPS) is 15.6. The Morgan fingerprint density at radius 2 is 1.80 bits per heavy atom. The summed E-state index contributed by atoms with van der Waals surface area (Å²) in [4.78, 5) is 72.4. The first-order valence-corrected chi connectivity index (χ1v) is 26.0. The van der Waals surface area contributed by atoms with Crippen LogP contribution in [0.15, 0.2) is 84.8 Å². The molecule has 0 bridgehead atoms. The number of fused-ring (bicyclic) bond motifs is 1. The molecule has 392 valence electrons. The van der Waals surface area contributed by atoms with Gasteiger partial charge >= 0.3 is 0 Å². The Morgan fingerprint density at radius 1 is 1.03 bits per heavy atom. The Bertz CT molecular complexity index is 2960. The number of aliphatic hydroxyl groups is 1. The van der Waals surface area contributed by atoms with E-state index in [0.717, 1.165) is 34.8 Å². The Balaban J connectivity index is 0.933. The van der Waals surface area contributed by atoms with Crippen LogP contribution in [0, 0.1) is 18.2 Å². The number of rotatable bonds is 22. The molecular weight excluding hydrogens is 987 g/mol. The maximum atomic E-state index is 14.2. The van der Waals surface area contributed by atoms with E-state index in [1.165, 1.54) is 35.5 Å². The summed E-state index contributed by atoms with van der Waals surface area (Å²) < 4.78 is 21.8. The van der Waals surface area contributed by atoms with E-state index < -0.39 is 35.3 Å². The largest absolute Gasteiger partial charge is 0.485 e. The number of halogens is 2. The number of amides is 4. The summed E-state index contributed by atoms with van der Waals surface area (Å²) in [6.45, 7) is 16.2. The third-order valence-corrected chi connectivity index (χ3v) is 14.0. The van der Waals surface area contributed by atoms with Crippen molar-refractivity contribution in [1.82, 2.24) is 50.4 Å². The highest BCUT2D eigenvalue weighted by atomic mass is 35.5. The third-order valence-electron chi connectivity index (χ3n) is 12.8. The molecular formula is C53H64ClFN12O6S. The van der Waals surface area contributed by atoms with Gasteiger partial charge in [-0.1, -0.05) is 81.8 Å². The predicted molar refractivity (Wildman–Crippen MR) is 284 cm³/mol. The van der Waals surface area contributed by atoms with Crippen molar-refractivity contribution >= 4 is 74.7 Å². The fourth-order valence-corrected chi connectivity index (χ4v) is 9.54. The summed E-state index contributed by atoms with van der Waals surface area (Å²) in [6.07, 6.45) is 6.75. The van der Waals surface area contributed by atoms with Crippen LogP contribution >= 0.6 is 22.9 Å². The number of likely N-dealkylation sites (N-methyl/N-ethyl adjacent to an activating group) is 1. The van der Waals surface area contributed by atoms with Crippen LogP contribution in [0.1, 0.15) is 90.2 Å². The summed E-state index contributed by atoms with van der Waals surface area (Å²) in [5, 5.41) is 31.8. The fourth-order valence-electron chi connectivity index (χ4n) is 8.55. The van der Waals surface area contributed by atoms with Crippen molar-refractivity contribution in [2.75, 3.05) is 36.8 Å². The summed E-state index contributed by atoms with van der Waals surface area (Å²) in [6, 6.07) is 13.3. The minimum absolute atomic E-state index is 0.00122. The number of nitrogens with one attached hydrogen (secondary N) is 4. The molecule has 1 fully saturated rings. The molecule has 1 aliphatic rings. The van der Waals surface area contributed by atoms with Gasteiger partial charge in [-0.25, -0.2) is 19.3 Å². The van der Waals surface area contributed by atoms with Crippen molar-refractivity contribution in [3.63, 3.8) is 0 Å². The number of thiazole rings is 1. The van der Waals surface area contributed by atoms with E-state index in [2.05, 4.69) is 65.3 Å². The van der Waals surface area contributed by atoms with Crippen molar-refractivity contribution in [2.45, 2.75) is 112 Å². The molecule has 0 aliphatic carbocycles. The van der Waals surface area contributed by atoms with Crippen LogP contribution < -0.4 is 26.0 Å². The van der Waals surface area contributed by atoms with E-state index >= 15 is 0 Å². The van der Waals surface area contributed by atoms with Gasteiger partial charge < -0.3 is 40.9 Å². The number of aliphatic hydroxyl groups excluding tert-OH is 1. The first-order valence-electron chi connectivity index (χ1n) is 24.7. The van der Waals surface area contributed by atoms with E-state index in [9.17, 15) is 28.7 Å². The van der Waals surface area contributed by atoms with E-state index in [1.54, 1.807) is 40.4 Å². The highest BCUT2D eigenvalue weighted by Gasteiger charge is 2.44. The Hall–Kier alpha value is -6.87. The second-order valence-corrected chi connectivity index (χ2v) is 20.6. The average molecular weight is 1050 g/mol. The van der Waals surface area contributed by atoms with E-state index in [0.29, 0.717) is 65.5 Å². The van der Waals surface area contributed by atoms with Crippen LogP contribution in [0.4, 0.5) is 21.6 Å². The molecule has 1 aliphatic heterocycles. The fraction of sp³-hybridized carbons (Fsp3) is 0.415. The number of nitrogens with zero attached hydrogens (tertiary/aromatic N) is 8. The number of unbranched alkanes of at least 4 members (excludes halogenated alkanes) is 1. The summed E-state index contributed by atoms with van der Waals surface area (Å²) in [5.74, 6) is -1.34. The van der Waals surface area contributed by atoms with Gasteiger partial charge in [0.15, 0.2) is 0 Å². The Kier molecular flexibility index (Phi) is 18.5. The second kappa shape index (κ2) is 24.9. The third kappa shape index (κ3) is 14.2. The smallest absolute Gasteiger partial charge is 0.248 e. The second-order valence-electron chi connectivity index (χ2n) is 19.3. The molecule has 0 radical (unpaired) electrons. The molecule has 7 rings (SSSR count). The lowest BCUT2D eigenvalue weighted by Gasteiger charge is -2.35. The molecule has 3 aromatic carbocycles. The average Bonchev–Trinajstić information content (AvgIpc) is 4.13. The number of aryl methyl sites for hydroxylation is 2. The number of carbonyl (C=O) groups excluding carboxylic acids is 4. The highest BCUT2D eigenvalue weighted by molar-refractivity contribution is 7.13. The van der Waals surface area contributed by atoms with Crippen LogP contribution in [0.25, 0.3) is 21.3 Å². The van der Waals surface area contributed by atoms with Crippen LogP contribution in [0.3, 0.4) is 0 Å². The van der Waals surface area contributed by atoms with E-state index in [1.807, 2.05) is 64.4 Å². The number of benzene rings is 3. The lowest BCUT2D eigenvalue weighted by Crippen LogP contribution is -2.57. The predicted octanol–water partition coefficient (Wildman–Crippen LogP) is 8.15. The highest BCUT2D eigenvalue weighted by Crippen LogP contribution is 2.35. The zero-order valence-corrected chi connectivity index (χ0v) is 44.3. The number of β-amino-alcohol motifs (C(OH)–C–C–N with tert-alkyl or cyclic N) is 1. The van der Waals surface area contributed by atoms with Gasteiger partial charge in [0.05, 0.1) is 50.7 Å². The van der Waals surface area contributed by atoms with Gasteiger partial charge in [0.25, 0.3) is 0 Å². The van der Waals surface area contributed by atoms with Gasteiger partial charge in [-0.15, -0.1) is 16.4 Å². The minimum Gasteiger partial charge on any atom is -0.485 e. The van der Waals surface area contributed by atoms with Crippen molar-refractivity contribution in [2.24, 2.45) is 5.41 Å². The zero-order valence-electron chi connectivity index (χ0n) is 42.7. The lowest BCUT2D eigenvalue weighted by atomic mass is 9.85. The molecule has 1 saturated heterocycles. The number of likely N-dealkylation sites (tertiary alicyclic amines) is 1. The standard InChI is InChI=1S/C53H64ClFN12O6S/c1-8-65(9-2)21-12-14-46(69)61-43-25-39-42(56-30-57-50(39)60-36-19-20-41(55)40(54)23-36)26-45(43)73-29-37-27-66(64-63-37)22-11-10-13-47(70)62-49(53(5,6)7)52(72)67-28-38(68)24-44(67)51(71)59-32(3)34-15-17-35(18-16-34)48-33(4)58-31-74-48/h12,14-20,23,25-27,30-32,38,44,49,68H,8-11,13,21-22,24,28-29H2,1-7H3,(H,59,71)(H,61,69)(H,62,70)(H,56,57,60)/b14-12+/t32-,38-,44+,49-/m1/s1. The molecule has 21 heteroatoms. The van der Waals surface area contributed by atoms with Crippen molar-refractivity contribution in [3.8, 4) is 16.2 Å². The Labute approximate surface area is 439 Å². The van der Waals surface area contributed by atoms with Gasteiger partial charge in [-0.3, -0.25) is 23.9 Å². The molecule has 4 atom stereocenters. The Morgan fingerprint density at radius 3 is 2.50 bits per heavy atom. The van der Waals surface area contributed by atoms with Crippen LogP contribution in [-0.2, 0) is 32.3 Å². The molecule has 0 unspecified atom stereocenters. The number of carbonyl (C=O) groups is 4. The first-order chi connectivity index (χ1) is 35.4. The van der Waals surface area contributed by atoms with Gasteiger partial charge in [0.1, 0.15) is 48.1 Å². The number of hydrogen-bond acceptors (Lipinski definition) is 14. The molecule has 5 N–H and O–H groups in total. The van der Waals surface area contributed by atoms with Crippen molar-refractivity contribution in [1.29, 1.82) is 0 Å². The van der Waals surface area contributed by atoms with E-state index in [4.69, 9.17) is 16.3 Å². The lowest BCUT2D eigenvalue weighted by molar-refractivity contribution is -0.144. The van der Waals surface area contributed by atoms with Gasteiger partial charge in [-0.2, -0.15) is 0 Å². The first kappa shape index (κ1) is 54.9. The summed E-state index contributed by atoms with van der Waals surface area (Å²) in [5.41, 5.74) is 5.84. The molecule has 3 aromatic heterocycles. The van der Waals surface area contributed by atoms with Crippen LogP contribution in [0.2, 0.25) is 5.02 Å². The van der Waals surface area contributed by atoms with Crippen LogP contribution in [-0.4, -0.2) is 113 Å². The number of ether oxygens (including phenoxy) is 1. The maximum Gasteiger partial charge on any atom is 0.248 e. The molecule has 0 saturated carbocycles. The molecule has 0 spiro atoms. The van der Waals surface area contributed by atoms with Crippen molar-refractivity contribution < 1.29 is 33.4 Å². The van der Waals surface area contributed by atoms with Gasteiger partial charge in [0.2, 0.25) is 23.6 Å². The van der Waals surface area contributed by atoms with Crippen molar-refractivity contribution in [3.05, 3.63) is 113 Å². The minimum atomic E-state index is -0.953. The van der Waals surface area contributed by atoms with E-state index in [-0.39, 0.29) is 54.8 Å². The number of aromatic nitrogens is 6. The van der Waals surface area contributed by atoms with Gasteiger partial charge in [-0.05, 0) is 80.6 Å². The van der Waals surface area contributed by atoms with Gasteiger partial charge in [0, 0.05) is 55.7 Å². The molecule has 6 aromatic rings.